The molecule has 1 saturated heterocycles. The molecule has 0 N–H and O–H groups in total. The second-order valence-corrected chi connectivity index (χ2v) is 4.24. The molecule has 1 aromatic carbocycles. The standard InChI is InChI=1S/C10H10BrF2N/c11-10-7(6-14-4-1-5-14)8(12)2-3-9(10)13/h2-3H,1,4-6H2. The first-order chi connectivity index (χ1) is 6.68. The summed E-state index contributed by atoms with van der Waals surface area (Å²) in [5.74, 6) is -0.743. The summed E-state index contributed by atoms with van der Waals surface area (Å²) in [7, 11) is 0. The molecule has 2 rings (SSSR count). The van der Waals surface area contributed by atoms with Crippen LogP contribution in [0.5, 0.6) is 0 Å². The van der Waals surface area contributed by atoms with Crippen molar-refractivity contribution >= 4 is 15.9 Å². The zero-order valence-corrected chi connectivity index (χ0v) is 9.15. The minimum absolute atomic E-state index is 0.254. The van der Waals surface area contributed by atoms with E-state index in [0.717, 1.165) is 25.6 Å². The minimum Gasteiger partial charge on any atom is -0.299 e. The Bertz CT molecular complexity index is 350. The van der Waals surface area contributed by atoms with Crippen LogP contribution in [-0.4, -0.2) is 18.0 Å². The van der Waals surface area contributed by atoms with Crippen molar-refractivity contribution in [2.75, 3.05) is 13.1 Å². The van der Waals surface area contributed by atoms with E-state index < -0.39 is 5.82 Å². The predicted octanol–water partition coefficient (Wildman–Crippen LogP) is 2.93. The maximum Gasteiger partial charge on any atom is 0.137 e. The molecule has 0 atom stereocenters. The summed E-state index contributed by atoms with van der Waals surface area (Å²) in [6.45, 7) is 2.44. The molecule has 1 aliphatic rings. The predicted molar refractivity (Wildman–Crippen MR) is 54.0 cm³/mol. The Morgan fingerprint density at radius 2 is 1.86 bits per heavy atom. The fourth-order valence-corrected chi connectivity index (χ4v) is 1.92. The summed E-state index contributed by atoms with van der Waals surface area (Å²) in [6.07, 6.45) is 1.15. The highest BCUT2D eigenvalue weighted by molar-refractivity contribution is 9.10. The quantitative estimate of drug-likeness (QED) is 0.741. The number of halogens is 3. The van der Waals surface area contributed by atoms with Gasteiger partial charge in [0.2, 0.25) is 0 Å². The summed E-state index contributed by atoms with van der Waals surface area (Å²) in [4.78, 5) is 2.09. The molecule has 0 aromatic heterocycles. The van der Waals surface area contributed by atoms with E-state index in [-0.39, 0.29) is 10.3 Å². The van der Waals surface area contributed by atoms with Gasteiger partial charge in [-0.1, -0.05) is 0 Å². The maximum absolute atomic E-state index is 13.3. The molecular formula is C10H10BrF2N. The van der Waals surface area contributed by atoms with Crippen LogP contribution in [0.15, 0.2) is 16.6 Å². The number of nitrogens with zero attached hydrogens (tertiary/aromatic N) is 1. The molecule has 1 fully saturated rings. The van der Waals surface area contributed by atoms with E-state index in [0.29, 0.717) is 12.1 Å². The molecule has 14 heavy (non-hydrogen) atoms. The Morgan fingerprint density at radius 3 is 2.43 bits per heavy atom. The summed E-state index contributed by atoms with van der Waals surface area (Å²) in [5.41, 5.74) is 0.421. The van der Waals surface area contributed by atoms with Crippen molar-refractivity contribution in [3.63, 3.8) is 0 Å². The molecule has 1 aromatic rings. The first-order valence-electron chi connectivity index (χ1n) is 4.53. The monoisotopic (exact) mass is 261 g/mol. The Labute approximate surface area is 89.8 Å². The van der Waals surface area contributed by atoms with Gasteiger partial charge in [-0.3, -0.25) is 4.90 Å². The van der Waals surface area contributed by atoms with Crippen LogP contribution in [0, 0.1) is 11.6 Å². The van der Waals surface area contributed by atoms with Crippen LogP contribution in [0.3, 0.4) is 0 Å². The van der Waals surface area contributed by atoms with Crippen LogP contribution < -0.4 is 0 Å². The van der Waals surface area contributed by atoms with E-state index in [1.807, 2.05) is 0 Å². The summed E-state index contributed by atoms with van der Waals surface area (Å²) < 4.78 is 26.7. The molecule has 0 bridgehead atoms. The average Bonchev–Trinajstić information content (AvgIpc) is 2.09. The molecule has 0 unspecified atom stereocenters. The van der Waals surface area contributed by atoms with Crippen molar-refractivity contribution < 1.29 is 8.78 Å². The number of rotatable bonds is 2. The van der Waals surface area contributed by atoms with Gasteiger partial charge in [0.05, 0.1) is 4.47 Å². The second-order valence-electron chi connectivity index (χ2n) is 3.45. The summed E-state index contributed by atoms with van der Waals surface area (Å²) >= 11 is 3.07. The SMILES string of the molecule is Fc1ccc(F)c(CN2CCC2)c1Br. The zero-order valence-electron chi connectivity index (χ0n) is 7.56. The average molecular weight is 262 g/mol. The largest absolute Gasteiger partial charge is 0.299 e. The lowest BCUT2D eigenvalue weighted by molar-refractivity contribution is 0.170. The maximum atomic E-state index is 13.3. The van der Waals surface area contributed by atoms with Crippen LogP contribution in [0.1, 0.15) is 12.0 Å². The van der Waals surface area contributed by atoms with Gasteiger partial charge in [0.1, 0.15) is 11.6 Å². The summed E-state index contributed by atoms with van der Waals surface area (Å²) in [5, 5.41) is 0. The van der Waals surface area contributed by atoms with Gasteiger partial charge in [-0.15, -0.1) is 0 Å². The molecular weight excluding hydrogens is 252 g/mol. The molecule has 0 saturated carbocycles. The van der Waals surface area contributed by atoms with Gasteiger partial charge in [-0.2, -0.15) is 0 Å². The highest BCUT2D eigenvalue weighted by Crippen LogP contribution is 2.26. The smallest absolute Gasteiger partial charge is 0.137 e. The van der Waals surface area contributed by atoms with Gasteiger partial charge >= 0.3 is 0 Å². The van der Waals surface area contributed by atoms with Crippen LogP contribution in [-0.2, 0) is 6.54 Å². The lowest BCUT2D eigenvalue weighted by Gasteiger charge is -2.31. The van der Waals surface area contributed by atoms with Gasteiger partial charge in [-0.05, 0) is 47.6 Å². The van der Waals surface area contributed by atoms with Crippen LogP contribution in [0.2, 0.25) is 0 Å². The van der Waals surface area contributed by atoms with E-state index >= 15 is 0 Å². The number of hydrogen-bond donors (Lipinski definition) is 0. The highest BCUT2D eigenvalue weighted by Gasteiger charge is 2.19. The number of likely N-dealkylation sites (tertiary alicyclic amines) is 1. The lowest BCUT2D eigenvalue weighted by Crippen LogP contribution is -2.36. The van der Waals surface area contributed by atoms with Crippen LogP contribution in [0.25, 0.3) is 0 Å². The van der Waals surface area contributed by atoms with Crippen molar-refractivity contribution in [2.24, 2.45) is 0 Å². The Balaban J connectivity index is 2.25. The van der Waals surface area contributed by atoms with Crippen LogP contribution in [0.4, 0.5) is 8.78 Å². The van der Waals surface area contributed by atoms with Crippen molar-refractivity contribution in [1.82, 2.24) is 4.90 Å². The van der Waals surface area contributed by atoms with Gasteiger partial charge in [-0.25, -0.2) is 8.78 Å². The van der Waals surface area contributed by atoms with Crippen molar-refractivity contribution in [3.05, 3.63) is 33.8 Å². The normalized spacial score (nSPS) is 16.8. The van der Waals surface area contributed by atoms with Gasteiger partial charge in [0, 0.05) is 12.1 Å². The highest BCUT2D eigenvalue weighted by atomic mass is 79.9. The molecule has 1 heterocycles. The van der Waals surface area contributed by atoms with E-state index in [1.54, 1.807) is 0 Å². The van der Waals surface area contributed by atoms with E-state index in [9.17, 15) is 8.78 Å². The summed E-state index contributed by atoms with van der Waals surface area (Å²) in [6, 6.07) is 2.31. The molecule has 4 heteroatoms. The van der Waals surface area contributed by atoms with E-state index in [4.69, 9.17) is 0 Å². The van der Waals surface area contributed by atoms with Gasteiger partial charge in [0.15, 0.2) is 0 Å². The Kier molecular flexibility index (Phi) is 2.83. The van der Waals surface area contributed by atoms with E-state index in [1.165, 1.54) is 6.07 Å². The molecule has 0 aliphatic carbocycles. The molecule has 76 valence electrons. The molecule has 1 nitrogen and oxygen atoms in total. The third kappa shape index (κ3) is 1.81. The molecule has 0 spiro atoms. The first-order valence-corrected chi connectivity index (χ1v) is 5.32. The molecule has 0 amide bonds. The Hall–Kier alpha value is -0.480. The first kappa shape index (κ1) is 10.1. The molecule has 1 aliphatic heterocycles. The third-order valence-corrected chi connectivity index (χ3v) is 3.33. The van der Waals surface area contributed by atoms with Gasteiger partial charge < -0.3 is 0 Å². The van der Waals surface area contributed by atoms with Gasteiger partial charge in [0.25, 0.3) is 0 Å². The zero-order chi connectivity index (χ0) is 10.1. The van der Waals surface area contributed by atoms with Crippen molar-refractivity contribution in [1.29, 1.82) is 0 Å². The second kappa shape index (κ2) is 3.95. The van der Waals surface area contributed by atoms with Crippen molar-refractivity contribution in [2.45, 2.75) is 13.0 Å². The van der Waals surface area contributed by atoms with Crippen molar-refractivity contribution in [3.8, 4) is 0 Å². The topological polar surface area (TPSA) is 3.24 Å². The van der Waals surface area contributed by atoms with E-state index in [2.05, 4.69) is 20.8 Å². The third-order valence-electron chi connectivity index (χ3n) is 2.47. The lowest BCUT2D eigenvalue weighted by atomic mass is 10.1. The number of hydrogen-bond acceptors (Lipinski definition) is 1. The Morgan fingerprint density at radius 1 is 1.21 bits per heavy atom. The molecule has 0 radical (unpaired) electrons. The fraction of sp³-hybridized carbons (Fsp3) is 0.400. The minimum atomic E-state index is -0.401. The fourth-order valence-electron chi connectivity index (χ4n) is 1.48. The van der Waals surface area contributed by atoms with Crippen LogP contribution >= 0.6 is 15.9 Å². The number of benzene rings is 1.